The van der Waals surface area contributed by atoms with Crippen LogP contribution in [0.1, 0.15) is 19.5 Å². The molecule has 15 heavy (non-hydrogen) atoms. The van der Waals surface area contributed by atoms with E-state index >= 15 is 0 Å². The molecule has 0 bridgehead atoms. The minimum Gasteiger partial charge on any atom is -0.268 e. The highest BCUT2D eigenvalue weighted by molar-refractivity contribution is 9.09. The van der Waals surface area contributed by atoms with Crippen molar-refractivity contribution in [1.82, 2.24) is 9.78 Å². The highest BCUT2D eigenvalue weighted by Gasteiger charge is 2.25. The van der Waals surface area contributed by atoms with Crippen molar-refractivity contribution in [2.45, 2.75) is 19.3 Å². The van der Waals surface area contributed by atoms with Gasteiger partial charge in [-0.2, -0.15) is 5.10 Å². The van der Waals surface area contributed by atoms with E-state index in [1.807, 2.05) is 11.7 Å². The van der Waals surface area contributed by atoms with Crippen LogP contribution in [0.25, 0.3) is 10.9 Å². The number of alkyl halides is 1. The third-order valence-electron chi connectivity index (χ3n) is 2.73. The Kier molecular flexibility index (Phi) is 2.59. The maximum atomic E-state index is 4.62. The van der Waals surface area contributed by atoms with Crippen LogP contribution in [-0.4, -0.2) is 15.1 Å². The predicted molar refractivity (Wildman–Crippen MR) is 67.5 cm³/mol. The van der Waals surface area contributed by atoms with Gasteiger partial charge in [0.25, 0.3) is 0 Å². The Balaban J connectivity index is 2.72. The zero-order chi connectivity index (χ0) is 11.1. The molecule has 2 aromatic rings. The quantitative estimate of drug-likeness (QED) is 0.764. The van der Waals surface area contributed by atoms with E-state index in [9.17, 15) is 0 Å². The van der Waals surface area contributed by atoms with Gasteiger partial charge in [-0.15, -0.1) is 0 Å². The Labute approximate surface area is 98.4 Å². The molecule has 80 valence electrons. The second-order valence-corrected chi connectivity index (χ2v) is 5.07. The van der Waals surface area contributed by atoms with Crippen molar-refractivity contribution in [3.05, 3.63) is 30.0 Å². The number of hydrogen-bond acceptors (Lipinski definition) is 1. The number of aromatic nitrogens is 2. The Bertz CT molecular complexity index is 485. The molecule has 0 aliphatic heterocycles. The average Bonchev–Trinajstić information content (AvgIpc) is 2.58. The van der Waals surface area contributed by atoms with E-state index in [0.717, 1.165) is 11.0 Å². The average molecular weight is 267 g/mol. The van der Waals surface area contributed by atoms with Gasteiger partial charge >= 0.3 is 0 Å². The van der Waals surface area contributed by atoms with Gasteiger partial charge < -0.3 is 0 Å². The number of fused-ring (bicyclic) bond motifs is 1. The molecule has 1 heterocycles. The number of hydrogen-bond donors (Lipinski definition) is 0. The van der Waals surface area contributed by atoms with Gasteiger partial charge in [-0.25, -0.2) is 0 Å². The highest BCUT2D eigenvalue weighted by Crippen LogP contribution is 2.30. The largest absolute Gasteiger partial charge is 0.268 e. The van der Waals surface area contributed by atoms with Crippen molar-refractivity contribution in [3.63, 3.8) is 0 Å². The highest BCUT2D eigenvalue weighted by atomic mass is 79.9. The second-order valence-electron chi connectivity index (χ2n) is 4.51. The van der Waals surface area contributed by atoms with E-state index in [0.29, 0.717) is 0 Å². The molecule has 0 aliphatic carbocycles. The van der Waals surface area contributed by atoms with Gasteiger partial charge in [-0.05, 0) is 6.07 Å². The number of nitrogens with zero attached hydrogens (tertiary/aromatic N) is 2. The van der Waals surface area contributed by atoms with E-state index in [1.54, 1.807) is 0 Å². The molecule has 0 radical (unpaired) electrons. The van der Waals surface area contributed by atoms with Crippen molar-refractivity contribution in [1.29, 1.82) is 0 Å². The summed E-state index contributed by atoms with van der Waals surface area (Å²) in [7, 11) is 2.00. The van der Waals surface area contributed by atoms with Gasteiger partial charge in [-0.1, -0.05) is 48.0 Å². The first kappa shape index (κ1) is 10.7. The van der Waals surface area contributed by atoms with Crippen molar-refractivity contribution in [2.75, 3.05) is 5.33 Å². The lowest BCUT2D eigenvalue weighted by atomic mass is 9.90. The fourth-order valence-electron chi connectivity index (χ4n) is 1.78. The third kappa shape index (κ3) is 1.69. The molecule has 0 fully saturated rings. The van der Waals surface area contributed by atoms with Gasteiger partial charge in [0.05, 0.1) is 11.2 Å². The molecule has 0 aliphatic rings. The maximum Gasteiger partial charge on any atom is 0.0767 e. The molecule has 3 heteroatoms. The summed E-state index contributed by atoms with van der Waals surface area (Å²) in [4.78, 5) is 0. The summed E-state index contributed by atoms with van der Waals surface area (Å²) in [6, 6.07) is 8.37. The zero-order valence-electron chi connectivity index (χ0n) is 9.29. The molecule has 2 nitrogen and oxygen atoms in total. The van der Waals surface area contributed by atoms with Crippen LogP contribution < -0.4 is 0 Å². The zero-order valence-corrected chi connectivity index (χ0v) is 10.9. The number of para-hydroxylation sites is 1. The minimum atomic E-state index is 0.0703. The summed E-state index contributed by atoms with van der Waals surface area (Å²) in [6.45, 7) is 4.41. The lowest BCUT2D eigenvalue weighted by molar-refractivity contribution is 0.572. The van der Waals surface area contributed by atoms with Crippen molar-refractivity contribution < 1.29 is 0 Å². The van der Waals surface area contributed by atoms with E-state index in [2.05, 4.69) is 59.1 Å². The Morgan fingerprint density at radius 2 is 2.00 bits per heavy atom. The monoisotopic (exact) mass is 266 g/mol. The first-order valence-corrected chi connectivity index (χ1v) is 6.16. The molecule has 1 aromatic heterocycles. The molecule has 0 unspecified atom stereocenters. The number of aryl methyl sites for hydroxylation is 1. The molecular weight excluding hydrogens is 252 g/mol. The van der Waals surface area contributed by atoms with Crippen LogP contribution in [0.2, 0.25) is 0 Å². The van der Waals surface area contributed by atoms with Gasteiger partial charge in [0, 0.05) is 23.2 Å². The first-order chi connectivity index (χ1) is 7.06. The molecule has 0 spiro atoms. The lowest BCUT2D eigenvalue weighted by Gasteiger charge is -2.19. The molecule has 0 atom stereocenters. The molecule has 1 aromatic carbocycles. The Morgan fingerprint density at radius 3 is 2.67 bits per heavy atom. The van der Waals surface area contributed by atoms with Crippen molar-refractivity contribution >= 4 is 26.8 Å². The fraction of sp³-hybridized carbons (Fsp3) is 0.417. The summed E-state index contributed by atoms with van der Waals surface area (Å²) in [5.74, 6) is 0. The third-order valence-corrected chi connectivity index (χ3v) is 4.13. The Morgan fingerprint density at radius 1 is 1.33 bits per heavy atom. The van der Waals surface area contributed by atoms with Gasteiger partial charge in [0.15, 0.2) is 0 Å². The van der Waals surface area contributed by atoms with Crippen LogP contribution in [0.4, 0.5) is 0 Å². The SMILES string of the molecule is Cn1nc(C(C)(C)CBr)c2ccccc21. The maximum absolute atomic E-state index is 4.62. The number of halogens is 1. The van der Waals surface area contributed by atoms with Crippen molar-refractivity contribution in [2.24, 2.45) is 7.05 Å². The van der Waals surface area contributed by atoms with Crippen LogP contribution in [0.15, 0.2) is 24.3 Å². The van der Waals surface area contributed by atoms with E-state index in [-0.39, 0.29) is 5.41 Å². The standard InChI is InChI=1S/C12H15BrN2/c1-12(2,8-13)11-9-6-4-5-7-10(9)15(3)14-11/h4-7H,8H2,1-3H3. The van der Waals surface area contributed by atoms with Crippen LogP contribution in [-0.2, 0) is 12.5 Å². The second kappa shape index (κ2) is 3.63. The van der Waals surface area contributed by atoms with Gasteiger partial charge in [0.1, 0.15) is 0 Å². The number of benzene rings is 1. The molecule has 0 saturated carbocycles. The van der Waals surface area contributed by atoms with Crippen LogP contribution in [0.5, 0.6) is 0 Å². The molecular formula is C12H15BrN2. The van der Waals surface area contributed by atoms with Crippen molar-refractivity contribution in [3.8, 4) is 0 Å². The number of rotatable bonds is 2. The Hall–Kier alpha value is -0.830. The first-order valence-electron chi connectivity index (χ1n) is 5.04. The van der Waals surface area contributed by atoms with Gasteiger partial charge in [0.2, 0.25) is 0 Å². The van der Waals surface area contributed by atoms with Crippen LogP contribution in [0, 0.1) is 0 Å². The summed E-state index contributed by atoms with van der Waals surface area (Å²) >= 11 is 3.55. The topological polar surface area (TPSA) is 17.8 Å². The van der Waals surface area contributed by atoms with Crippen LogP contribution >= 0.6 is 15.9 Å². The normalized spacial score (nSPS) is 12.3. The molecule has 0 N–H and O–H groups in total. The summed E-state index contributed by atoms with van der Waals surface area (Å²) in [6.07, 6.45) is 0. The minimum absolute atomic E-state index is 0.0703. The van der Waals surface area contributed by atoms with E-state index in [1.165, 1.54) is 10.9 Å². The lowest BCUT2D eigenvalue weighted by Crippen LogP contribution is -2.20. The molecule has 0 amide bonds. The summed E-state index contributed by atoms with van der Waals surface area (Å²) < 4.78 is 1.95. The summed E-state index contributed by atoms with van der Waals surface area (Å²) in [5, 5.41) is 6.79. The molecule has 2 rings (SSSR count). The van der Waals surface area contributed by atoms with Crippen LogP contribution in [0.3, 0.4) is 0 Å². The molecule has 0 saturated heterocycles. The van der Waals surface area contributed by atoms with E-state index in [4.69, 9.17) is 0 Å². The summed E-state index contributed by atoms with van der Waals surface area (Å²) in [5.41, 5.74) is 2.43. The smallest absolute Gasteiger partial charge is 0.0767 e. The fourth-order valence-corrected chi connectivity index (χ4v) is 2.04. The van der Waals surface area contributed by atoms with Gasteiger partial charge in [-0.3, -0.25) is 4.68 Å². The van der Waals surface area contributed by atoms with E-state index < -0.39 is 0 Å². The predicted octanol–water partition coefficient (Wildman–Crippen LogP) is 3.25.